The molecule has 366 valence electrons. The second-order valence-electron chi connectivity index (χ2n) is 18.9. The van der Waals surface area contributed by atoms with Crippen LogP contribution in [-0.4, -0.2) is 47.4 Å². The van der Waals surface area contributed by atoms with E-state index in [1.54, 1.807) is 6.08 Å². The molecule has 0 aliphatic carbocycles. The van der Waals surface area contributed by atoms with Crippen LogP contribution in [0.15, 0.2) is 24.3 Å². The van der Waals surface area contributed by atoms with Crippen LogP contribution in [0, 0.1) is 0 Å². The van der Waals surface area contributed by atoms with E-state index in [0.29, 0.717) is 19.4 Å². The molecule has 0 fully saturated rings. The summed E-state index contributed by atoms with van der Waals surface area (Å²) in [6, 6.07) is -0.653. The Morgan fingerprint density at radius 3 is 1.15 bits per heavy atom. The average molecular weight is 874 g/mol. The molecule has 62 heavy (non-hydrogen) atoms. The monoisotopic (exact) mass is 874 g/mol. The van der Waals surface area contributed by atoms with Gasteiger partial charge in [0.15, 0.2) is 0 Å². The zero-order valence-electron chi connectivity index (χ0n) is 41.6. The largest absolute Gasteiger partial charge is 0.466 e. The van der Waals surface area contributed by atoms with Gasteiger partial charge in [0.1, 0.15) is 0 Å². The molecule has 0 aliphatic rings. The Bertz CT molecular complexity index is 966. The highest BCUT2D eigenvalue weighted by Gasteiger charge is 2.18. The van der Waals surface area contributed by atoms with Crippen LogP contribution in [0.3, 0.4) is 0 Å². The van der Waals surface area contributed by atoms with Crippen LogP contribution in [0.2, 0.25) is 0 Å². The van der Waals surface area contributed by atoms with E-state index in [9.17, 15) is 19.8 Å². The van der Waals surface area contributed by atoms with Gasteiger partial charge in [-0.2, -0.15) is 0 Å². The molecule has 0 aromatic rings. The van der Waals surface area contributed by atoms with Crippen molar-refractivity contribution >= 4 is 11.9 Å². The zero-order valence-corrected chi connectivity index (χ0v) is 41.6. The normalized spacial score (nSPS) is 12.8. The van der Waals surface area contributed by atoms with Crippen molar-refractivity contribution in [2.45, 2.75) is 309 Å². The molecule has 6 heteroatoms. The van der Waals surface area contributed by atoms with Crippen molar-refractivity contribution in [3.05, 3.63) is 24.3 Å². The zero-order chi connectivity index (χ0) is 45.1. The quantitative estimate of drug-likeness (QED) is 0.0321. The number of aliphatic hydroxyl groups is 2. The van der Waals surface area contributed by atoms with Crippen LogP contribution >= 0.6 is 0 Å². The summed E-state index contributed by atoms with van der Waals surface area (Å²) in [6.07, 6.45) is 61.9. The van der Waals surface area contributed by atoms with E-state index in [4.69, 9.17) is 4.74 Å². The van der Waals surface area contributed by atoms with E-state index >= 15 is 0 Å². The number of allylic oxidation sites excluding steroid dienone is 3. The molecule has 6 nitrogen and oxygen atoms in total. The average Bonchev–Trinajstić information content (AvgIpc) is 3.27. The molecule has 0 heterocycles. The first kappa shape index (κ1) is 60.3. The molecule has 2 unspecified atom stereocenters. The number of aliphatic hydroxyl groups excluding tert-OH is 2. The summed E-state index contributed by atoms with van der Waals surface area (Å²) in [4.78, 5) is 24.5. The SMILES string of the molecule is CCCCCCCCCCCCCCCCCCC/C=C/C(O)C(CO)NC(=O)CCCCCC/C=C\CCCCOC(=O)CCCCCCCCCCCCCCCCCC. The van der Waals surface area contributed by atoms with Gasteiger partial charge < -0.3 is 20.3 Å². The Kier molecular flexibility index (Phi) is 50.6. The van der Waals surface area contributed by atoms with Gasteiger partial charge in [0.2, 0.25) is 5.91 Å². The van der Waals surface area contributed by atoms with Crippen molar-refractivity contribution in [2.24, 2.45) is 0 Å². The lowest BCUT2D eigenvalue weighted by molar-refractivity contribution is -0.143. The Hall–Kier alpha value is -1.66. The third-order valence-corrected chi connectivity index (χ3v) is 12.7. The topological polar surface area (TPSA) is 95.9 Å². The summed E-state index contributed by atoms with van der Waals surface area (Å²) in [5.74, 6) is -0.136. The number of rotatable bonds is 51. The fraction of sp³-hybridized carbons (Fsp3) is 0.893. The number of amides is 1. The van der Waals surface area contributed by atoms with E-state index in [1.165, 1.54) is 193 Å². The van der Waals surface area contributed by atoms with Crippen molar-refractivity contribution in [2.75, 3.05) is 13.2 Å². The lowest BCUT2D eigenvalue weighted by atomic mass is 10.0. The highest BCUT2D eigenvalue weighted by Crippen LogP contribution is 2.17. The standard InChI is InChI=1S/C56H107NO5/c1-3-5-7-9-11-13-15-17-19-21-22-23-24-26-28-32-36-40-44-48-54(59)53(52-58)57-55(60)49-45-41-37-33-30-31-35-39-43-47-51-62-56(61)50-46-42-38-34-29-27-25-20-18-16-14-12-10-8-6-4-2/h31,35,44,48,53-54,58-59H,3-30,32-34,36-43,45-47,49-52H2,1-2H3,(H,57,60)/b35-31-,48-44+. The Morgan fingerprint density at radius 1 is 0.435 bits per heavy atom. The number of nitrogens with one attached hydrogen (secondary N) is 1. The molecule has 0 saturated carbocycles. The van der Waals surface area contributed by atoms with Crippen molar-refractivity contribution in [1.29, 1.82) is 0 Å². The summed E-state index contributed by atoms with van der Waals surface area (Å²) in [7, 11) is 0. The van der Waals surface area contributed by atoms with Crippen molar-refractivity contribution in [3.8, 4) is 0 Å². The second kappa shape index (κ2) is 52.0. The molecular formula is C56H107NO5. The Balaban J connectivity index is 3.54. The first-order valence-corrected chi connectivity index (χ1v) is 27.6. The van der Waals surface area contributed by atoms with Gasteiger partial charge in [-0.1, -0.05) is 250 Å². The van der Waals surface area contributed by atoms with Crippen LogP contribution in [0.1, 0.15) is 296 Å². The molecular weight excluding hydrogens is 767 g/mol. The number of ether oxygens (including phenoxy) is 1. The molecule has 0 rings (SSSR count). The maximum Gasteiger partial charge on any atom is 0.305 e. The Morgan fingerprint density at radius 2 is 0.758 bits per heavy atom. The van der Waals surface area contributed by atoms with Crippen molar-refractivity contribution in [3.63, 3.8) is 0 Å². The third-order valence-electron chi connectivity index (χ3n) is 12.7. The van der Waals surface area contributed by atoms with Gasteiger partial charge in [-0.05, 0) is 57.8 Å². The first-order valence-electron chi connectivity index (χ1n) is 27.6. The van der Waals surface area contributed by atoms with Crippen LogP contribution < -0.4 is 5.32 Å². The lowest BCUT2D eigenvalue weighted by Gasteiger charge is -2.20. The number of hydrogen-bond acceptors (Lipinski definition) is 5. The minimum Gasteiger partial charge on any atom is -0.466 e. The summed E-state index contributed by atoms with van der Waals surface area (Å²) < 4.78 is 5.44. The smallest absolute Gasteiger partial charge is 0.305 e. The van der Waals surface area contributed by atoms with Crippen LogP contribution in [0.25, 0.3) is 0 Å². The maximum absolute atomic E-state index is 12.4. The highest BCUT2D eigenvalue weighted by atomic mass is 16.5. The number of esters is 1. The summed E-state index contributed by atoms with van der Waals surface area (Å²) in [5.41, 5.74) is 0. The van der Waals surface area contributed by atoms with Gasteiger partial charge in [-0.15, -0.1) is 0 Å². The molecule has 3 N–H and O–H groups in total. The highest BCUT2D eigenvalue weighted by molar-refractivity contribution is 5.76. The van der Waals surface area contributed by atoms with E-state index in [0.717, 1.165) is 77.0 Å². The predicted octanol–water partition coefficient (Wildman–Crippen LogP) is 16.7. The van der Waals surface area contributed by atoms with Gasteiger partial charge >= 0.3 is 5.97 Å². The van der Waals surface area contributed by atoms with Gasteiger partial charge in [-0.3, -0.25) is 9.59 Å². The molecule has 0 spiro atoms. The van der Waals surface area contributed by atoms with Crippen LogP contribution in [-0.2, 0) is 14.3 Å². The van der Waals surface area contributed by atoms with Gasteiger partial charge in [-0.25, -0.2) is 0 Å². The lowest BCUT2D eigenvalue weighted by Crippen LogP contribution is -2.45. The summed E-state index contributed by atoms with van der Waals surface area (Å²) in [6.45, 7) is 4.83. The van der Waals surface area contributed by atoms with Crippen molar-refractivity contribution in [1.82, 2.24) is 5.32 Å². The minimum absolute atomic E-state index is 0.0347. The molecule has 0 radical (unpaired) electrons. The Labute approximate surface area is 386 Å². The number of unbranched alkanes of at least 4 members (excludes halogenated alkanes) is 38. The third kappa shape index (κ3) is 47.8. The fourth-order valence-corrected chi connectivity index (χ4v) is 8.45. The van der Waals surface area contributed by atoms with Gasteiger partial charge in [0.05, 0.1) is 25.4 Å². The van der Waals surface area contributed by atoms with E-state index in [-0.39, 0.29) is 18.5 Å². The number of hydrogen-bond donors (Lipinski definition) is 3. The minimum atomic E-state index is -0.866. The fourth-order valence-electron chi connectivity index (χ4n) is 8.45. The first-order chi connectivity index (χ1) is 30.5. The van der Waals surface area contributed by atoms with Crippen LogP contribution in [0.5, 0.6) is 0 Å². The van der Waals surface area contributed by atoms with Gasteiger partial charge in [0, 0.05) is 12.8 Å². The van der Waals surface area contributed by atoms with Crippen LogP contribution in [0.4, 0.5) is 0 Å². The second-order valence-corrected chi connectivity index (χ2v) is 18.9. The summed E-state index contributed by atoms with van der Waals surface area (Å²) >= 11 is 0. The van der Waals surface area contributed by atoms with Crippen molar-refractivity contribution < 1.29 is 24.5 Å². The number of carbonyl (C=O) groups excluding carboxylic acids is 2. The predicted molar refractivity (Wildman–Crippen MR) is 269 cm³/mol. The van der Waals surface area contributed by atoms with E-state index < -0.39 is 12.1 Å². The molecule has 0 aromatic carbocycles. The molecule has 1 amide bonds. The summed E-state index contributed by atoms with van der Waals surface area (Å²) in [5, 5.41) is 23.1. The van der Waals surface area contributed by atoms with E-state index in [2.05, 4.69) is 31.3 Å². The molecule has 0 aliphatic heterocycles. The molecule has 0 bridgehead atoms. The molecule has 0 aromatic heterocycles. The van der Waals surface area contributed by atoms with E-state index in [1.807, 2.05) is 6.08 Å². The maximum atomic E-state index is 12.4. The number of carbonyl (C=O) groups is 2. The van der Waals surface area contributed by atoms with Gasteiger partial charge in [0.25, 0.3) is 0 Å². The molecule has 0 saturated heterocycles. The molecule has 2 atom stereocenters.